The Morgan fingerprint density at radius 2 is 2.00 bits per heavy atom. The number of nitrogens with one attached hydrogen (secondary N) is 1. The molecule has 1 N–H and O–H groups in total. The van der Waals surface area contributed by atoms with Crippen molar-refractivity contribution in [2.24, 2.45) is 7.05 Å². The van der Waals surface area contributed by atoms with Crippen LogP contribution in [0.1, 0.15) is 25.0 Å². The quantitative estimate of drug-likeness (QED) is 0.680. The van der Waals surface area contributed by atoms with E-state index in [1.807, 2.05) is 0 Å². The molecule has 0 unspecified atom stereocenters. The van der Waals surface area contributed by atoms with E-state index in [0.29, 0.717) is 17.2 Å². The minimum absolute atomic E-state index is 0.268. The second-order valence-electron chi connectivity index (χ2n) is 6.40. The number of pyridine rings is 1. The van der Waals surface area contributed by atoms with Crippen LogP contribution in [0.15, 0.2) is 41.0 Å². The van der Waals surface area contributed by atoms with Crippen LogP contribution >= 0.6 is 15.9 Å². The first-order valence-corrected chi connectivity index (χ1v) is 9.03. The SMILES string of the molecule is Cn1nc(-c2cc(Br)ccc2F)nc1NC1(c2ncccc2F)CCC1. The van der Waals surface area contributed by atoms with Gasteiger partial charge in [-0.3, -0.25) is 4.98 Å². The number of anilines is 1. The van der Waals surface area contributed by atoms with E-state index in [4.69, 9.17) is 0 Å². The summed E-state index contributed by atoms with van der Waals surface area (Å²) in [6.07, 6.45) is 4.04. The number of hydrogen-bond donors (Lipinski definition) is 1. The molecule has 0 aliphatic heterocycles. The summed E-state index contributed by atoms with van der Waals surface area (Å²) in [6.45, 7) is 0. The molecule has 1 aliphatic carbocycles. The maximum atomic E-state index is 14.3. The molecule has 26 heavy (non-hydrogen) atoms. The first kappa shape index (κ1) is 17.1. The number of nitrogens with zero attached hydrogens (tertiary/aromatic N) is 4. The van der Waals surface area contributed by atoms with Crippen molar-refractivity contribution in [3.05, 3.63) is 58.3 Å². The normalized spacial score (nSPS) is 15.5. The predicted molar refractivity (Wildman–Crippen MR) is 97.4 cm³/mol. The van der Waals surface area contributed by atoms with E-state index in [2.05, 4.69) is 36.3 Å². The molecule has 2 aromatic heterocycles. The van der Waals surface area contributed by atoms with Crippen LogP contribution in [0.3, 0.4) is 0 Å². The van der Waals surface area contributed by atoms with E-state index < -0.39 is 11.4 Å². The lowest BCUT2D eigenvalue weighted by Gasteiger charge is -2.42. The molecule has 1 aromatic carbocycles. The molecule has 0 saturated heterocycles. The monoisotopic (exact) mass is 419 g/mol. The fourth-order valence-electron chi connectivity index (χ4n) is 3.18. The molecular formula is C18H16BrF2N5. The van der Waals surface area contributed by atoms with Gasteiger partial charge in [-0.2, -0.15) is 4.98 Å². The van der Waals surface area contributed by atoms with Gasteiger partial charge in [0.25, 0.3) is 0 Å². The van der Waals surface area contributed by atoms with Gasteiger partial charge in [-0.05, 0) is 49.6 Å². The Morgan fingerprint density at radius 1 is 1.19 bits per heavy atom. The van der Waals surface area contributed by atoms with Gasteiger partial charge in [-0.1, -0.05) is 15.9 Å². The molecular weight excluding hydrogens is 404 g/mol. The molecule has 0 amide bonds. The average Bonchev–Trinajstić information content (AvgIpc) is 2.94. The topological polar surface area (TPSA) is 55.6 Å². The summed E-state index contributed by atoms with van der Waals surface area (Å²) in [7, 11) is 1.72. The number of rotatable bonds is 4. The number of halogens is 3. The van der Waals surface area contributed by atoms with Gasteiger partial charge >= 0.3 is 0 Å². The maximum absolute atomic E-state index is 14.3. The van der Waals surface area contributed by atoms with Crippen molar-refractivity contribution in [2.45, 2.75) is 24.8 Å². The lowest BCUT2D eigenvalue weighted by Crippen LogP contribution is -2.44. The summed E-state index contributed by atoms with van der Waals surface area (Å²) in [5.41, 5.74) is 0.0679. The van der Waals surface area contributed by atoms with Crippen LogP contribution in [-0.2, 0) is 12.6 Å². The maximum Gasteiger partial charge on any atom is 0.222 e. The van der Waals surface area contributed by atoms with Gasteiger partial charge < -0.3 is 5.32 Å². The van der Waals surface area contributed by atoms with Crippen LogP contribution < -0.4 is 5.32 Å². The molecule has 3 aromatic rings. The van der Waals surface area contributed by atoms with Crippen molar-refractivity contribution in [2.75, 3.05) is 5.32 Å². The van der Waals surface area contributed by atoms with Crippen molar-refractivity contribution in [3.8, 4) is 11.4 Å². The van der Waals surface area contributed by atoms with Crippen molar-refractivity contribution >= 4 is 21.9 Å². The highest BCUT2D eigenvalue weighted by Gasteiger charge is 2.43. The predicted octanol–water partition coefficient (Wildman–Crippen LogP) is 4.41. The minimum Gasteiger partial charge on any atom is -0.343 e. The lowest BCUT2D eigenvalue weighted by molar-refractivity contribution is 0.263. The second kappa shape index (κ2) is 6.42. The van der Waals surface area contributed by atoms with Crippen LogP contribution in [-0.4, -0.2) is 19.7 Å². The summed E-state index contributed by atoms with van der Waals surface area (Å²) in [4.78, 5) is 8.66. The first-order chi connectivity index (χ1) is 12.5. The molecule has 0 bridgehead atoms. The molecule has 5 nitrogen and oxygen atoms in total. The van der Waals surface area contributed by atoms with Crippen molar-refractivity contribution < 1.29 is 8.78 Å². The van der Waals surface area contributed by atoms with E-state index in [9.17, 15) is 8.78 Å². The summed E-state index contributed by atoms with van der Waals surface area (Å²) in [6, 6.07) is 7.59. The largest absolute Gasteiger partial charge is 0.343 e. The minimum atomic E-state index is -0.612. The molecule has 1 fully saturated rings. The molecule has 134 valence electrons. The van der Waals surface area contributed by atoms with E-state index in [0.717, 1.165) is 23.7 Å². The molecule has 0 atom stereocenters. The molecule has 8 heteroatoms. The standard InChI is InChI=1S/C18H16BrF2N5/c1-26-17(23-16(25-26)12-10-11(19)5-6-13(12)20)24-18(7-3-8-18)15-14(21)4-2-9-22-15/h2,4-6,9-10H,3,7-8H2,1H3,(H,23,24,25). The highest BCUT2D eigenvalue weighted by Crippen LogP contribution is 2.44. The van der Waals surface area contributed by atoms with Crippen LogP contribution in [0, 0.1) is 11.6 Å². The average molecular weight is 420 g/mol. The van der Waals surface area contributed by atoms with Crippen LogP contribution in [0.2, 0.25) is 0 Å². The van der Waals surface area contributed by atoms with E-state index in [1.54, 1.807) is 31.4 Å². The molecule has 1 saturated carbocycles. The summed E-state index contributed by atoms with van der Waals surface area (Å²) in [5, 5.41) is 7.60. The van der Waals surface area contributed by atoms with E-state index >= 15 is 0 Å². The number of aryl methyl sites for hydroxylation is 1. The Kier molecular flexibility index (Phi) is 4.22. The second-order valence-corrected chi connectivity index (χ2v) is 7.32. The van der Waals surface area contributed by atoms with Gasteiger partial charge in [-0.25, -0.2) is 13.5 Å². The Bertz CT molecular complexity index is 968. The summed E-state index contributed by atoms with van der Waals surface area (Å²) in [5.74, 6) is -0.0338. The smallest absolute Gasteiger partial charge is 0.222 e. The fourth-order valence-corrected chi connectivity index (χ4v) is 3.54. The third-order valence-electron chi connectivity index (χ3n) is 4.70. The van der Waals surface area contributed by atoms with Gasteiger partial charge in [0.15, 0.2) is 5.82 Å². The summed E-state index contributed by atoms with van der Waals surface area (Å²) < 4.78 is 30.7. The van der Waals surface area contributed by atoms with Crippen molar-refractivity contribution in [1.82, 2.24) is 19.7 Å². The molecule has 1 aliphatic rings. The highest BCUT2D eigenvalue weighted by molar-refractivity contribution is 9.10. The van der Waals surface area contributed by atoms with Gasteiger partial charge in [0.1, 0.15) is 17.3 Å². The number of aromatic nitrogens is 4. The zero-order valence-electron chi connectivity index (χ0n) is 14.0. The lowest BCUT2D eigenvalue weighted by atomic mass is 9.74. The zero-order valence-corrected chi connectivity index (χ0v) is 15.6. The van der Waals surface area contributed by atoms with E-state index in [1.165, 1.54) is 16.8 Å². The van der Waals surface area contributed by atoms with Gasteiger partial charge in [0, 0.05) is 17.7 Å². The Labute approximate surface area is 157 Å². The number of benzene rings is 1. The van der Waals surface area contributed by atoms with E-state index in [-0.39, 0.29) is 11.6 Å². The summed E-state index contributed by atoms with van der Waals surface area (Å²) >= 11 is 3.33. The molecule has 2 heterocycles. The van der Waals surface area contributed by atoms with Crippen LogP contribution in [0.5, 0.6) is 0 Å². The molecule has 0 radical (unpaired) electrons. The Hall–Kier alpha value is -2.35. The van der Waals surface area contributed by atoms with Crippen LogP contribution in [0.4, 0.5) is 14.7 Å². The van der Waals surface area contributed by atoms with Gasteiger partial charge in [-0.15, -0.1) is 5.10 Å². The zero-order chi connectivity index (χ0) is 18.3. The number of hydrogen-bond acceptors (Lipinski definition) is 4. The van der Waals surface area contributed by atoms with Crippen molar-refractivity contribution in [1.29, 1.82) is 0 Å². The van der Waals surface area contributed by atoms with Gasteiger partial charge in [0.2, 0.25) is 5.95 Å². The third-order valence-corrected chi connectivity index (χ3v) is 5.20. The molecule has 4 rings (SSSR count). The Morgan fingerprint density at radius 3 is 2.69 bits per heavy atom. The van der Waals surface area contributed by atoms with Crippen molar-refractivity contribution in [3.63, 3.8) is 0 Å². The fraction of sp³-hybridized carbons (Fsp3) is 0.278. The van der Waals surface area contributed by atoms with Gasteiger partial charge in [0.05, 0.1) is 11.1 Å². The third kappa shape index (κ3) is 2.88. The molecule has 0 spiro atoms. The highest BCUT2D eigenvalue weighted by atomic mass is 79.9. The van der Waals surface area contributed by atoms with Crippen LogP contribution in [0.25, 0.3) is 11.4 Å². The first-order valence-electron chi connectivity index (χ1n) is 8.24. The Balaban J connectivity index is 1.70.